The maximum atomic E-state index is 12.8. The van der Waals surface area contributed by atoms with Crippen molar-refractivity contribution in [3.63, 3.8) is 0 Å². The van der Waals surface area contributed by atoms with Crippen molar-refractivity contribution in [2.75, 3.05) is 20.3 Å². The Labute approximate surface area is 233 Å². The minimum absolute atomic E-state index is 0. The smallest absolute Gasteiger partial charge is 0.0776 e. The molecule has 1 aromatic heterocycles. The Morgan fingerprint density at radius 1 is 1.18 bits per heavy atom. The molecule has 8 heteroatoms. The summed E-state index contributed by atoms with van der Waals surface area (Å²) >= 11 is 0. The van der Waals surface area contributed by atoms with Crippen LogP contribution in [0.4, 0.5) is 0 Å². The third-order valence-electron chi connectivity index (χ3n) is 6.99. The molecule has 39 heavy (non-hydrogen) atoms. The number of phenols is 1. The molecule has 0 aliphatic rings. The van der Waals surface area contributed by atoms with Crippen LogP contribution in [0.2, 0.25) is 0 Å². The van der Waals surface area contributed by atoms with E-state index in [0.29, 0.717) is 48.5 Å². The summed E-state index contributed by atoms with van der Waals surface area (Å²) in [5.74, 6) is 2.85. The molecule has 0 spiro atoms. The van der Waals surface area contributed by atoms with Gasteiger partial charge in [-0.15, -0.1) is 0 Å². The first kappa shape index (κ1) is 31.9. The monoisotopic (exact) mass is 531 g/mol. The van der Waals surface area contributed by atoms with Crippen LogP contribution in [-0.4, -0.2) is 54.2 Å². The molecule has 0 aliphatic carbocycles. The van der Waals surface area contributed by atoms with E-state index in [2.05, 4.69) is 23.1 Å². The van der Waals surface area contributed by atoms with Crippen molar-refractivity contribution in [3.8, 4) is 11.6 Å². The second kappa shape index (κ2) is 14.7. The van der Waals surface area contributed by atoms with E-state index in [-0.39, 0.29) is 35.8 Å². The molecular weight excluding hydrogens is 489 g/mol. The number of aromatic nitrogens is 2. The Morgan fingerprint density at radius 3 is 2.54 bits per heavy atom. The molecule has 1 unspecified atom stereocenters. The first-order valence-electron chi connectivity index (χ1n) is 13.3. The molecule has 2 aromatic carbocycles. The van der Waals surface area contributed by atoms with Crippen LogP contribution in [0, 0.1) is 11.7 Å². The standard InChI is InChI=1S/C30H38BN3O4.CH4/c1-5-7-21(8-6-9-27(35)22-10-12-23(13-11-22)30(2,3)20-31)18-34-19-25-26(33-34)15-14-24(28(25)36)29(37)32-16-17-38-4;/h10-15,19,21,36H,5-9,16-18H2,1-4H3,(H,32,37);1H4. The van der Waals surface area contributed by atoms with E-state index >= 15 is 0 Å². The average Bonchev–Trinajstić information content (AvgIpc) is 3.32. The molecule has 0 bridgehead atoms. The number of aromatic hydroxyl groups is 1. The molecule has 0 radical (unpaired) electrons. The Bertz CT molecular complexity index is 1290. The molecule has 3 rings (SSSR count). The number of methoxy groups -OCH3 is 1. The number of Topliss-reactive ketones (excluding diaryl/α,β-unsaturated/α-hetero) is 1. The zero-order chi connectivity index (χ0) is 27.7. The van der Waals surface area contributed by atoms with E-state index in [1.54, 1.807) is 25.4 Å². The Hall–Kier alpha value is -3.35. The van der Waals surface area contributed by atoms with Gasteiger partial charge in [0, 0.05) is 19.9 Å². The number of carbonyl (C=O) groups excluding carboxylic acids is 2. The molecule has 1 amide bonds. The summed E-state index contributed by atoms with van der Waals surface area (Å²) in [5, 5.41) is 18.6. The van der Waals surface area contributed by atoms with Crippen molar-refractivity contribution in [2.45, 2.75) is 72.3 Å². The van der Waals surface area contributed by atoms with Gasteiger partial charge in [0.05, 0.1) is 23.1 Å². The molecule has 0 aliphatic heterocycles. The summed E-state index contributed by atoms with van der Waals surface area (Å²) in [6, 6.07) is 11.0. The number of nitrogens with one attached hydrogen (secondary N) is 1. The van der Waals surface area contributed by atoms with Crippen LogP contribution >= 0.6 is 0 Å². The van der Waals surface area contributed by atoms with E-state index in [1.807, 2.05) is 42.8 Å². The zero-order valence-electron chi connectivity index (χ0n) is 22.9. The predicted octanol–water partition coefficient (Wildman–Crippen LogP) is 5.63. The first-order valence-corrected chi connectivity index (χ1v) is 13.3. The summed E-state index contributed by atoms with van der Waals surface area (Å²) in [7, 11) is 7.19. The van der Waals surface area contributed by atoms with E-state index in [0.717, 1.165) is 31.2 Å². The van der Waals surface area contributed by atoms with Gasteiger partial charge in [-0.05, 0) is 12.1 Å². The number of hydrogen-bond donors (Lipinski definition) is 2. The molecular formula is C31H42BN3O4. The maximum absolute atomic E-state index is 12.8. The molecule has 1 atom stereocenters. The van der Waals surface area contributed by atoms with Crippen molar-refractivity contribution < 1.29 is 19.4 Å². The third kappa shape index (κ3) is 8.32. The molecule has 2 N–H and O–H groups in total. The van der Waals surface area contributed by atoms with Gasteiger partial charge in [-0.3, -0.25) is 9.48 Å². The normalized spacial score (nSPS) is 12.1. The van der Waals surface area contributed by atoms with Gasteiger partial charge >= 0.3 is 117 Å². The van der Waals surface area contributed by atoms with E-state index in [9.17, 15) is 14.7 Å². The number of fused-ring (bicyclic) bond motifs is 1. The number of benzene rings is 2. The number of nitrogens with zero attached hydrogens (tertiary/aromatic N) is 2. The summed E-state index contributed by atoms with van der Waals surface area (Å²) in [6.07, 6.45) is 6.02. The van der Waals surface area contributed by atoms with Gasteiger partial charge in [0.2, 0.25) is 0 Å². The van der Waals surface area contributed by atoms with Crippen LogP contribution in [0.15, 0.2) is 42.6 Å². The van der Waals surface area contributed by atoms with Crippen LogP contribution < -0.4 is 5.32 Å². The van der Waals surface area contributed by atoms with Crippen LogP contribution in [0.25, 0.3) is 10.9 Å². The number of ether oxygens (including phenoxy) is 1. The molecule has 1 heterocycles. The van der Waals surface area contributed by atoms with Crippen LogP contribution in [-0.2, 0) is 16.7 Å². The molecule has 7 nitrogen and oxygen atoms in total. The number of rotatable bonds is 14. The quantitative estimate of drug-likeness (QED) is 0.160. The first-order chi connectivity index (χ1) is 18.2. The number of amides is 1. The van der Waals surface area contributed by atoms with E-state index < -0.39 is 0 Å². The van der Waals surface area contributed by atoms with E-state index in [1.165, 1.54) is 0 Å². The number of hydrogen-bond acceptors (Lipinski definition) is 5. The van der Waals surface area contributed by atoms with Crippen molar-refractivity contribution in [3.05, 3.63) is 59.3 Å². The molecule has 0 saturated carbocycles. The zero-order valence-corrected chi connectivity index (χ0v) is 22.9. The topological polar surface area (TPSA) is 93.5 Å². The second-order valence-corrected chi connectivity index (χ2v) is 10.3. The van der Waals surface area contributed by atoms with Gasteiger partial charge < -0.3 is 15.2 Å². The number of carbonyl (C=O) groups is 2. The Kier molecular flexibility index (Phi) is 12.0. The minimum atomic E-state index is -0.360. The number of ketones is 1. The third-order valence-corrected chi connectivity index (χ3v) is 6.99. The average molecular weight is 532 g/mol. The van der Waals surface area contributed by atoms with Crippen LogP contribution in [0.5, 0.6) is 5.75 Å². The van der Waals surface area contributed by atoms with Crippen molar-refractivity contribution in [2.24, 2.45) is 5.92 Å². The fourth-order valence-corrected chi connectivity index (χ4v) is 4.62. The molecule has 0 saturated heterocycles. The summed E-state index contributed by atoms with van der Waals surface area (Å²) in [6.45, 7) is 7.57. The van der Waals surface area contributed by atoms with Gasteiger partial charge in [-0.1, -0.05) is 20.8 Å². The van der Waals surface area contributed by atoms with Gasteiger partial charge in [-0.2, -0.15) is 5.10 Å². The second-order valence-electron chi connectivity index (χ2n) is 10.3. The fourth-order valence-electron chi connectivity index (χ4n) is 4.62. The van der Waals surface area contributed by atoms with Gasteiger partial charge in [0.15, 0.2) is 0 Å². The van der Waals surface area contributed by atoms with E-state index in [4.69, 9.17) is 12.1 Å². The van der Waals surface area contributed by atoms with Crippen LogP contribution in [0.1, 0.15) is 86.6 Å². The minimum Gasteiger partial charge on any atom is -0.0776 e. The molecule has 0 fully saturated rings. The van der Waals surface area contributed by atoms with Crippen molar-refractivity contribution >= 4 is 29.9 Å². The van der Waals surface area contributed by atoms with Gasteiger partial charge in [0.25, 0.3) is 5.91 Å². The number of phenolic OH excluding ortho intramolecular Hbond substituents is 1. The SMILES string of the molecule is B#CC(C)(C)c1ccc(C(=O)CCCC(CCC)Cn2cc3c(O)c(C(=O)NCCOC)ccc3n2)cc1.C. The van der Waals surface area contributed by atoms with Gasteiger partial charge in [-0.25, -0.2) is 0 Å². The maximum Gasteiger partial charge on any atom is -0.0776 e. The van der Waals surface area contributed by atoms with Crippen molar-refractivity contribution in [1.29, 1.82) is 0 Å². The van der Waals surface area contributed by atoms with Crippen molar-refractivity contribution in [1.82, 2.24) is 15.1 Å². The largest absolute Gasteiger partial charge is 0.0776 e. The van der Waals surface area contributed by atoms with Crippen LogP contribution in [0.3, 0.4) is 0 Å². The Balaban J connectivity index is 0.00000533. The summed E-state index contributed by atoms with van der Waals surface area (Å²) < 4.78 is 6.79. The predicted molar refractivity (Wildman–Crippen MR) is 158 cm³/mol. The fraction of sp³-hybridized carbons (Fsp3) is 0.484. The van der Waals surface area contributed by atoms with Gasteiger partial charge in [0.1, 0.15) is 5.75 Å². The Morgan fingerprint density at radius 2 is 1.90 bits per heavy atom. The summed E-state index contributed by atoms with van der Waals surface area (Å²) in [4.78, 5) is 25.2. The summed E-state index contributed by atoms with van der Waals surface area (Å²) in [5.41, 5.74) is 2.23. The molecule has 3 aromatic rings. The molecule has 208 valence electrons.